The number of benzene rings is 1. The second-order valence-corrected chi connectivity index (χ2v) is 6.37. The first kappa shape index (κ1) is 19.8. The lowest BCUT2D eigenvalue weighted by atomic mass is 10.0. The van der Waals surface area contributed by atoms with E-state index in [1.807, 2.05) is 30.3 Å². The van der Waals surface area contributed by atoms with Gasteiger partial charge in [-0.15, -0.1) is 0 Å². The van der Waals surface area contributed by atoms with Crippen molar-refractivity contribution in [2.45, 2.75) is 45.3 Å². The molecule has 0 aliphatic carbocycles. The van der Waals surface area contributed by atoms with Crippen molar-refractivity contribution in [3.63, 3.8) is 0 Å². The highest BCUT2D eigenvalue weighted by Crippen LogP contribution is 2.11. The summed E-state index contributed by atoms with van der Waals surface area (Å²) in [7, 11) is 0. The quantitative estimate of drug-likeness (QED) is 0.371. The molecule has 3 N–H and O–H groups in total. The van der Waals surface area contributed by atoms with Crippen LogP contribution in [0.25, 0.3) is 0 Å². The number of Topliss-reactive ketones (excluding diaryl/α,β-unsaturated/α-hetero) is 1. The molecule has 1 aromatic rings. The summed E-state index contributed by atoms with van der Waals surface area (Å²) in [5.41, 5.74) is 1.89. The number of rotatable bonds is 8. The van der Waals surface area contributed by atoms with Gasteiger partial charge in [-0.2, -0.15) is 5.48 Å². The Morgan fingerprint density at radius 3 is 2.33 bits per heavy atom. The molecule has 0 unspecified atom stereocenters. The average molecular weight is 336 g/mol. The first-order valence-corrected chi connectivity index (χ1v) is 7.66. The number of hydrogen-bond acceptors (Lipinski definition) is 6. The van der Waals surface area contributed by atoms with Crippen LogP contribution in [0.5, 0.6) is 0 Å². The molecule has 0 bridgehead atoms. The summed E-state index contributed by atoms with van der Waals surface area (Å²) in [4.78, 5) is 35.9. The van der Waals surface area contributed by atoms with Gasteiger partial charge in [0.2, 0.25) is 5.91 Å². The Balaban J connectivity index is 2.77. The molecular weight excluding hydrogens is 312 g/mol. The van der Waals surface area contributed by atoms with E-state index < -0.39 is 35.7 Å². The highest BCUT2D eigenvalue weighted by molar-refractivity contribution is 6.00. The molecule has 0 spiro atoms. The summed E-state index contributed by atoms with van der Waals surface area (Å²) in [6.45, 7) is 4.80. The van der Waals surface area contributed by atoms with Crippen LogP contribution in [0.1, 0.15) is 32.8 Å². The molecule has 7 nitrogen and oxygen atoms in total. The Labute approximate surface area is 141 Å². The third-order valence-corrected chi connectivity index (χ3v) is 2.98. The third kappa shape index (κ3) is 7.85. The minimum absolute atomic E-state index is 0.250. The predicted octanol–water partition coefficient (Wildman–Crippen LogP) is 0.994. The van der Waals surface area contributed by atoms with Crippen LogP contribution in [-0.4, -0.2) is 41.1 Å². The van der Waals surface area contributed by atoms with Crippen molar-refractivity contribution in [2.24, 2.45) is 0 Å². The Morgan fingerprint density at radius 2 is 1.79 bits per heavy atom. The first-order chi connectivity index (χ1) is 11.2. The summed E-state index contributed by atoms with van der Waals surface area (Å²) < 4.78 is 5.14. The lowest BCUT2D eigenvalue weighted by molar-refractivity contribution is -0.156. The number of amides is 1. The molecule has 0 saturated carbocycles. The Kier molecular flexibility index (Phi) is 7.54. The van der Waals surface area contributed by atoms with E-state index in [2.05, 4.69) is 5.32 Å². The van der Waals surface area contributed by atoms with E-state index in [4.69, 9.17) is 9.94 Å². The summed E-state index contributed by atoms with van der Waals surface area (Å²) in [5, 5.41) is 11.1. The van der Waals surface area contributed by atoms with Gasteiger partial charge in [0.05, 0.1) is 12.6 Å². The van der Waals surface area contributed by atoms with E-state index >= 15 is 0 Å². The molecular formula is C17H24N2O5. The normalized spacial score (nSPS) is 12.3. The van der Waals surface area contributed by atoms with Gasteiger partial charge in [-0.25, -0.2) is 0 Å². The molecule has 0 aliphatic heterocycles. The lowest BCUT2D eigenvalue weighted by Gasteiger charge is -2.21. The number of hydroxylamine groups is 1. The number of carbonyl (C=O) groups excluding carboxylic acids is 3. The van der Waals surface area contributed by atoms with Gasteiger partial charge in [0.15, 0.2) is 5.78 Å². The van der Waals surface area contributed by atoms with Crippen molar-refractivity contribution >= 4 is 17.7 Å². The number of ketones is 1. The van der Waals surface area contributed by atoms with Gasteiger partial charge in [-0.05, 0) is 32.8 Å². The van der Waals surface area contributed by atoms with Gasteiger partial charge in [0.25, 0.3) is 0 Å². The molecule has 0 aliphatic rings. The summed E-state index contributed by atoms with van der Waals surface area (Å²) in [5.74, 6) is -1.63. The van der Waals surface area contributed by atoms with E-state index in [-0.39, 0.29) is 13.0 Å². The van der Waals surface area contributed by atoms with Gasteiger partial charge in [0, 0.05) is 0 Å². The fourth-order valence-electron chi connectivity index (χ4n) is 2.06. The zero-order valence-corrected chi connectivity index (χ0v) is 14.2. The van der Waals surface area contributed by atoms with Crippen LogP contribution in [0.4, 0.5) is 0 Å². The summed E-state index contributed by atoms with van der Waals surface area (Å²) >= 11 is 0. The van der Waals surface area contributed by atoms with Gasteiger partial charge in [-0.1, -0.05) is 30.3 Å². The predicted molar refractivity (Wildman–Crippen MR) is 87.3 cm³/mol. The number of nitrogens with one attached hydrogen (secondary N) is 2. The van der Waals surface area contributed by atoms with Crippen molar-refractivity contribution < 1.29 is 24.3 Å². The molecule has 0 saturated heterocycles. The molecule has 1 amide bonds. The molecule has 0 heterocycles. The maximum absolute atomic E-state index is 12.4. The minimum atomic E-state index is -0.874. The maximum Gasteiger partial charge on any atom is 0.313 e. The first-order valence-electron chi connectivity index (χ1n) is 7.66. The monoisotopic (exact) mass is 336 g/mol. The summed E-state index contributed by atoms with van der Waals surface area (Å²) in [6, 6.07) is 8.26. The summed E-state index contributed by atoms with van der Waals surface area (Å²) in [6.07, 6.45) is -0.179. The Bertz CT molecular complexity index is 566. The fourth-order valence-corrected chi connectivity index (χ4v) is 2.06. The number of ether oxygens (including phenoxy) is 1. The Morgan fingerprint density at radius 1 is 1.17 bits per heavy atom. The van der Waals surface area contributed by atoms with Gasteiger partial charge < -0.3 is 15.3 Å². The highest BCUT2D eigenvalue weighted by atomic mass is 16.6. The zero-order valence-electron chi connectivity index (χ0n) is 14.2. The molecule has 132 valence electrons. The molecule has 1 rings (SSSR count). The minimum Gasteiger partial charge on any atom is -0.460 e. The van der Waals surface area contributed by atoms with E-state index in [9.17, 15) is 14.4 Å². The molecule has 7 heteroatoms. The number of carbonyl (C=O) groups is 3. The second kappa shape index (κ2) is 9.14. The van der Waals surface area contributed by atoms with Crippen molar-refractivity contribution in [2.75, 3.05) is 6.54 Å². The third-order valence-electron chi connectivity index (χ3n) is 2.98. The zero-order chi connectivity index (χ0) is 18.2. The molecule has 1 aromatic carbocycles. The highest BCUT2D eigenvalue weighted by Gasteiger charge is 2.26. The standard InChI is InChI=1S/C17H24N2O5/c1-17(2,3)24-16(22)10-14(20)13(19-15(21)11-18-23)9-12-7-5-4-6-8-12/h4-8,13,18,23H,9-11H2,1-3H3,(H,19,21)/t13-/m0/s1. The largest absolute Gasteiger partial charge is 0.460 e. The maximum atomic E-state index is 12.4. The van der Waals surface area contributed by atoms with Gasteiger partial charge in [0.1, 0.15) is 12.0 Å². The van der Waals surface area contributed by atoms with E-state index in [0.29, 0.717) is 0 Å². The van der Waals surface area contributed by atoms with Crippen LogP contribution in [0.3, 0.4) is 0 Å². The van der Waals surface area contributed by atoms with Crippen LogP contribution >= 0.6 is 0 Å². The molecule has 1 atom stereocenters. The van der Waals surface area contributed by atoms with E-state index in [0.717, 1.165) is 5.56 Å². The average Bonchev–Trinajstić information content (AvgIpc) is 2.45. The van der Waals surface area contributed by atoms with Crippen LogP contribution in [-0.2, 0) is 25.5 Å². The van der Waals surface area contributed by atoms with Gasteiger partial charge >= 0.3 is 5.97 Å². The van der Waals surface area contributed by atoms with Crippen molar-refractivity contribution in [1.29, 1.82) is 0 Å². The molecule has 0 aromatic heterocycles. The van der Waals surface area contributed by atoms with Crippen LogP contribution in [0, 0.1) is 0 Å². The van der Waals surface area contributed by atoms with E-state index in [1.165, 1.54) is 0 Å². The van der Waals surface area contributed by atoms with Crippen molar-refractivity contribution in [3.8, 4) is 0 Å². The number of hydrogen-bond donors (Lipinski definition) is 3. The number of esters is 1. The fraction of sp³-hybridized carbons (Fsp3) is 0.471. The lowest BCUT2D eigenvalue weighted by Crippen LogP contribution is -2.46. The molecule has 0 fully saturated rings. The molecule has 24 heavy (non-hydrogen) atoms. The van der Waals surface area contributed by atoms with Gasteiger partial charge in [-0.3, -0.25) is 14.4 Å². The SMILES string of the molecule is CC(C)(C)OC(=O)CC(=O)[C@H](Cc1ccccc1)NC(=O)CNO. The topological polar surface area (TPSA) is 105 Å². The van der Waals surface area contributed by atoms with Crippen molar-refractivity contribution in [1.82, 2.24) is 10.8 Å². The Hall–Kier alpha value is -2.25. The van der Waals surface area contributed by atoms with E-state index in [1.54, 1.807) is 26.3 Å². The van der Waals surface area contributed by atoms with Crippen LogP contribution in [0.2, 0.25) is 0 Å². The smallest absolute Gasteiger partial charge is 0.313 e. The second-order valence-electron chi connectivity index (χ2n) is 6.37. The van der Waals surface area contributed by atoms with Crippen molar-refractivity contribution in [3.05, 3.63) is 35.9 Å². The van der Waals surface area contributed by atoms with Crippen LogP contribution < -0.4 is 10.8 Å². The molecule has 0 radical (unpaired) electrons. The van der Waals surface area contributed by atoms with Crippen LogP contribution in [0.15, 0.2) is 30.3 Å².